The summed E-state index contributed by atoms with van der Waals surface area (Å²) in [6.45, 7) is 0. The largest absolute Gasteiger partial charge is 0.327 e. The van der Waals surface area contributed by atoms with E-state index in [1.165, 1.54) is 11.0 Å². The number of benzene rings is 1. The zero-order valence-electron chi connectivity index (χ0n) is 11.3. The lowest BCUT2D eigenvalue weighted by Gasteiger charge is -2.43. The molecule has 1 saturated carbocycles. The number of hydrogen-bond acceptors (Lipinski definition) is 2. The molecule has 1 aliphatic carbocycles. The summed E-state index contributed by atoms with van der Waals surface area (Å²) in [5, 5.41) is 9.17. The summed E-state index contributed by atoms with van der Waals surface area (Å²) in [6, 6.07) is 5.83. The minimum atomic E-state index is -0.907. The molecule has 0 radical (unpaired) electrons. The van der Waals surface area contributed by atoms with Gasteiger partial charge in [-0.25, -0.2) is 8.78 Å². The van der Waals surface area contributed by atoms with Gasteiger partial charge in [0.1, 0.15) is 5.54 Å². The van der Waals surface area contributed by atoms with Crippen molar-refractivity contribution in [3.8, 4) is 6.07 Å². The summed E-state index contributed by atoms with van der Waals surface area (Å²) in [6.07, 6.45) is 2.88. The molecule has 1 aliphatic rings. The quantitative estimate of drug-likeness (QED) is 0.850. The lowest BCUT2D eigenvalue weighted by Crippen LogP contribution is -2.53. The molecule has 1 amide bonds. The van der Waals surface area contributed by atoms with Crippen molar-refractivity contribution < 1.29 is 13.6 Å². The molecule has 5 heteroatoms. The Labute approximate surface area is 116 Å². The molecule has 1 aromatic rings. The fourth-order valence-corrected chi connectivity index (χ4v) is 2.39. The highest BCUT2D eigenvalue weighted by molar-refractivity contribution is 5.77. The van der Waals surface area contributed by atoms with Crippen molar-refractivity contribution in [2.75, 3.05) is 7.05 Å². The third-order valence-corrected chi connectivity index (χ3v) is 4.02. The van der Waals surface area contributed by atoms with E-state index < -0.39 is 17.2 Å². The van der Waals surface area contributed by atoms with Crippen LogP contribution < -0.4 is 0 Å². The van der Waals surface area contributed by atoms with Crippen LogP contribution in [0.15, 0.2) is 18.2 Å². The van der Waals surface area contributed by atoms with Gasteiger partial charge in [-0.1, -0.05) is 6.07 Å². The SMILES string of the molecule is CN(C(=O)CCc1ccc(F)c(F)c1)C1(C#N)CCC1. The Morgan fingerprint density at radius 3 is 2.60 bits per heavy atom. The predicted molar refractivity (Wildman–Crippen MR) is 69.6 cm³/mol. The molecule has 106 valence electrons. The van der Waals surface area contributed by atoms with Gasteiger partial charge >= 0.3 is 0 Å². The van der Waals surface area contributed by atoms with E-state index in [0.29, 0.717) is 24.8 Å². The number of rotatable bonds is 4. The molecular weight excluding hydrogens is 262 g/mol. The minimum Gasteiger partial charge on any atom is -0.327 e. The molecule has 0 saturated heterocycles. The first kappa shape index (κ1) is 14.4. The Kier molecular flexibility index (Phi) is 4.03. The molecule has 0 atom stereocenters. The van der Waals surface area contributed by atoms with Gasteiger partial charge in [0.05, 0.1) is 6.07 Å². The van der Waals surface area contributed by atoms with Crippen molar-refractivity contribution in [3.05, 3.63) is 35.4 Å². The van der Waals surface area contributed by atoms with E-state index in [4.69, 9.17) is 0 Å². The van der Waals surface area contributed by atoms with Gasteiger partial charge in [-0.05, 0) is 43.4 Å². The molecule has 20 heavy (non-hydrogen) atoms. The maximum absolute atomic E-state index is 13.1. The number of amides is 1. The second kappa shape index (κ2) is 5.58. The Morgan fingerprint density at radius 2 is 2.10 bits per heavy atom. The van der Waals surface area contributed by atoms with Gasteiger partial charge < -0.3 is 4.90 Å². The van der Waals surface area contributed by atoms with E-state index in [9.17, 15) is 18.8 Å². The summed E-state index contributed by atoms with van der Waals surface area (Å²) < 4.78 is 25.9. The first-order valence-corrected chi connectivity index (χ1v) is 6.60. The lowest BCUT2D eigenvalue weighted by molar-refractivity contribution is -0.136. The smallest absolute Gasteiger partial charge is 0.223 e. The normalized spacial score (nSPS) is 16.1. The Morgan fingerprint density at radius 1 is 1.40 bits per heavy atom. The van der Waals surface area contributed by atoms with Gasteiger partial charge in [0.15, 0.2) is 11.6 Å². The van der Waals surface area contributed by atoms with Crippen molar-refractivity contribution in [2.24, 2.45) is 0 Å². The summed E-state index contributed by atoms with van der Waals surface area (Å²) in [5.74, 6) is -1.94. The van der Waals surface area contributed by atoms with Crippen molar-refractivity contribution in [2.45, 2.75) is 37.6 Å². The highest BCUT2D eigenvalue weighted by Crippen LogP contribution is 2.36. The third-order valence-electron chi connectivity index (χ3n) is 4.02. The van der Waals surface area contributed by atoms with E-state index >= 15 is 0 Å². The van der Waals surface area contributed by atoms with Crippen LogP contribution in [0, 0.1) is 23.0 Å². The number of carbonyl (C=O) groups excluding carboxylic acids is 1. The molecule has 0 unspecified atom stereocenters. The van der Waals surface area contributed by atoms with Crippen molar-refractivity contribution in [3.63, 3.8) is 0 Å². The molecule has 0 spiro atoms. The minimum absolute atomic E-state index is 0.143. The molecular formula is C15H16F2N2O. The molecule has 0 N–H and O–H groups in total. The van der Waals surface area contributed by atoms with Crippen molar-refractivity contribution in [1.82, 2.24) is 4.90 Å². The molecule has 2 rings (SSSR count). The number of nitriles is 1. The number of carbonyl (C=O) groups is 1. The third kappa shape index (κ3) is 2.64. The van der Waals surface area contributed by atoms with E-state index in [0.717, 1.165) is 18.6 Å². The van der Waals surface area contributed by atoms with Crippen LogP contribution in [0.2, 0.25) is 0 Å². The molecule has 0 aliphatic heterocycles. The van der Waals surface area contributed by atoms with Gasteiger partial charge in [-0.15, -0.1) is 0 Å². The average molecular weight is 278 g/mol. The molecule has 0 bridgehead atoms. The van der Waals surface area contributed by atoms with E-state index in [1.54, 1.807) is 7.05 Å². The summed E-state index contributed by atoms with van der Waals surface area (Å²) in [5.41, 5.74) is -0.0873. The zero-order valence-corrected chi connectivity index (χ0v) is 11.3. The summed E-state index contributed by atoms with van der Waals surface area (Å²) in [7, 11) is 1.63. The van der Waals surface area contributed by atoms with Gasteiger partial charge in [-0.2, -0.15) is 5.26 Å². The van der Waals surface area contributed by atoms with Crippen LogP contribution in [-0.4, -0.2) is 23.4 Å². The van der Waals surface area contributed by atoms with E-state index in [2.05, 4.69) is 6.07 Å². The van der Waals surface area contributed by atoms with Crippen LogP contribution in [0.1, 0.15) is 31.2 Å². The van der Waals surface area contributed by atoms with Gasteiger partial charge in [-0.3, -0.25) is 4.79 Å². The van der Waals surface area contributed by atoms with Crippen molar-refractivity contribution >= 4 is 5.91 Å². The Bertz CT molecular complexity index is 561. The van der Waals surface area contributed by atoms with E-state index in [-0.39, 0.29) is 12.3 Å². The lowest BCUT2D eigenvalue weighted by atomic mass is 9.76. The highest BCUT2D eigenvalue weighted by Gasteiger charge is 2.43. The molecule has 1 aromatic carbocycles. The molecule has 0 aromatic heterocycles. The number of hydrogen-bond donors (Lipinski definition) is 0. The van der Waals surface area contributed by atoms with Crippen LogP contribution in [0.4, 0.5) is 8.78 Å². The average Bonchev–Trinajstić information content (AvgIpc) is 2.39. The Balaban J connectivity index is 1.95. The first-order valence-electron chi connectivity index (χ1n) is 6.60. The van der Waals surface area contributed by atoms with Crippen LogP contribution in [0.25, 0.3) is 0 Å². The fraction of sp³-hybridized carbons (Fsp3) is 0.467. The standard InChI is InChI=1S/C15H16F2N2O/c1-19(15(10-18)7-2-8-15)14(20)6-4-11-3-5-12(16)13(17)9-11/h3,5,9H,2,4,6-8H2,1H3. The monoisotopic (exact) mass is 278 g/mol. The van der Waals surface area contributed by atoms with Crippen LogP contribution >= 0.6 is 0 Å². The maximum atomic E-state index is 13.1. The number of aryl methyl sites for hydroxylation is 1. The predicted octanol–water partition coefficient (Wildman–Crippen LogP) is 2.80. The van der Waals surface area contributed by atoms with Gasteiger partial charge in [0, 0.05) is 13.5 Å². The molecule has 1 fully saturated rings. The maximum Gasteiger partial charge on any atom is 0.223 e. The highest BCUT2D eigenvalue weighted by atomic mass is 19.2. The molecule has 0 heterocycles. The number of nitrogens with zero attached hydrogens (tertiary/aromatic N) is 2. The van der Waals surface area contributed by atoms with E-state index in [1.807, 2.05) is 0 Å². The summed E-state index contributed by atoms with van der Waals surface area (Å²) >= 11 is 0. The topological polar surface area (TPSA) is 44.1 Å². The first-order chi connectivity index (χ1) is 9.48. The Hall–Kier alpha value is -1.96. The molecule has 3 nitrogen and oxygen atoms in total. The van der Waals surface area contributed by atoms with Gasteiger partial charge in [0.25, 0.3) is 0 Å². The second-order valence-electron chi connectivity index (χ2n) is 5.20. The second-order valence-corrected chi connectivity index (χ2v) is 5.20. The van der Waals surface area contributed by atoms with Crippen LogP contribution in [0.3, 0.4) is 0 Å². The van der Waals surface area contributed by atoms with Gasteiger partial charge in [0.2, 0.25) is 5.91 Å². The number of halogens is 2. The fourth-order valence-electron chi connectivity index (χ4n) is 2.39. The van der Waals surface area contributed by atoms with Crippen LogP contribution in [-0.2, 0) is 11.2 Å². The zero-order chi connectivity index (χ0) is 14.8. The van der Waals surface area contributed by atoms with Crippen molar-refractivity contribution in [1.29, 1.82) is 5.26 Å². The van der Waals surface area contributed by atoms with Crippen LogP contribution in [0.5, 0.6) is 0 Å². The summed E-state index contributed by atoms with van der Waals surface area (Å²) in [4.78, 5) is 13.6.